The zero-order valence-electron chi connectivity index (χ0n) is 17.7. The van der Waals surface area contributed by atoms with E-state index in [9.17, 15) is 9.59 Å². The van der Waals surface area contributed by atoms with Crippen molar-refractivity contribution in [1.82, 2.24) is 19.7 Å². The van der Waals surface area contributed by atoms with Crippen LogP contribution in [0.15, 0.2) is 30.5 Å². The molecular formula is C23H27N5O3. The van der Waals surface area contributed by atoms with E-state index in [0.29, 0.717) is 25.3 Å². The number of nitrogens with zero attached hydrogens (tertiary/aromatic N) is 3. The summed E-state index contributed by atoms with van der Waals surface area (Å²) in [5.74, 6) is -0.108. The topological polar surface area (TPSA) is 80.9 Å². The summed E-state index contributed by atoms with van der Waals surface area (Å²) in [4.78, 5) is 34.1. The number of aromatic amines is 1. The number of piperazine rings is 1. The summed E-state index contributed by atoms with van der Waals surface area (Å²) in [6.45, 7) is 6.73. The normalized spacial score (nSPS) is 20.9. The molecule has 2 N–H and O–H groups in total. The molecule has 0 atom stereocenters. The van der Waals surface area contributed by atoms with Crippen LogP contribution >= 0.6 is 0 Å². The first-order valence-electron chi connectivity index (χ1n) is 10.7. The first-order valence-corrected chi connectivity index (χ1v) is 10.7. The van der Waals surface area contributed by atoms with Crippen LogP contribution in [0.2, 0.25) is 0 Å². The molecule has 2 saturated heterocycles. The van der Waals surface area contributed by atoms with E-state index in [1.54, 1.807) is 4.90 Å². The number of cyclic esters (lactones) is 1. The van der Waals surface area contributed by atoms with E-state index in [0.717, 1.165) is 55.2 Å². The zero-order chi connectivity index (χ0) is 21.4. The Morgan fingerprint density at radius 3 is 2.65 bits per heavy atom. The number of hydrogen-bond donors (Lipinski definition) is 2. The fraction of sp³-hybridized carbons (Fsp3) is 0.391. The van der Waals surface area contributed by atoms with E-state index in [1.807, 2.05) is 30.5 Å². The van der Waals surface area contributed by atoms with Crippen molar-refractivity contribution in [3.05, 3.63) is 52.8 Å². The first kappa shape index (κ1) is 19.8. The molecule has 0 saturated carbocycles. The second kappa shape index (κ2) is 8.20. The monoisotopic (exact) mass is 421 g/mol. The maximum Gasteiger partial charge on any atom is 0.410 e. The molecule has 0 unspecified atom stereocenters. The number of amides is 2. The Morgan fingerprint density at radius 1 is 1.03 bits per heavy atom. The van der Waals surface area contributed by atoms with E-state index in [2.05, 4.69) is 33.2 Å². The van der Waals surface area contributed by atoms with Gasteiger partial charge in [-0.05, 0) is 42.4 Å². The van der Waals surface area contributed by atoms with Crippen LogP contribution in [0.3, 0.4) is 0 Å². The molecule has 0 radical (unpaired) electrons. The lowest BCUT2D eigenvalue weighted by molar-refractivity contribution is -0.110. The molecule has 2 fully saturated rings. The third-order valence-corrected chi connectivity index (χ3v) is 6.15. The van der Waals surface area contributed by atoms with Crippen molar-refractivity contribution in [2.24, 2.45) is 0 Å². The molecule has 8 nitrogen and oxygen atoms in total. The maximum absolute atomic E-state index is 12.6. The van der Waals surface area contributed by atoms with Crippen molar-refractivity contribution < 1.29 is 14.3 Å². The fourth-order valence-electron chi connectivity index (χ4n) is 4.32. The largest absolute Gasteiger partial charge is 0.448 e. The minimum Gasteiger partial charge on any atom is -0.448 e. The van der Waals surface area contributed by atoms with Crippen LogP contribution in [0.1, 0.15) is 22.4 Å². The highest BCUT2D eigenvalue weighted by atomic mass is 16.6. The van der Waals surface area contributed by atoms with Crippen molar-refractivity contribution in [2.75, 3.05) is 51.7 Å². The third-order valence-electron chi connectivity index (χ3n) is 6.15. The molecule has 4 heterocycles. The lowest BCUT2D eigenvalue weighted by atomic mass is 10.0. The van der Waals surface area contributed by atoms with Crippen LogP contribution in [0, 0.1) is 0 Å². The molecule has 0 bridgehead atoms. The van der Waals surface area contributed by atoms with Gasteiger partial charge in [0.1, 0.15) is 6.61 Å². The van der Waals surface area contributed by atoms with Crippen LogP contribution in [0.4, 0.5) is 10.5 Å². The lowest BCUT2D eigenvalue weighted by Gasteiger charge is -2.32. The SMILES string of the molecule is CN1CCN(Cc2c[nH]c(C=C3C(=O)Nc4ccc(CN5CCOC5=O)cc43)c2)CC1. The molecule has 3 aliphatic heterocycles. The average molecular weight is 422 g/mol. The van der Waals surface area contributed by atoms with Gasteiger partial charge in [0.05, 0.1) is 12.1 Å². The predicted molar refractivity (Wildman–Crippen MR) is 118 cm³/mol. The average Bonchev–Trinajstić information content (AvgIpc) is 3.45. The summed E-state index contributed by atoms with van der Waals surface area (Å²) in [5, 5.41) is 2.93. The summed E-state index contributed by atoms with van der Waals surface area (Å²) >= 11 is 0. The number of H-pyrrole nitrogens is 1. The van der Waals surface area contributed by atoms with Crippen LogP contribution in [-0.4, -0.2) is 78.1 Å². The second-order valence-corrected chi connectivity index (χ2v) is 8.47. The van der Waals surface area contributed by atoms with Gasteiger partial charge in [-0.3, -0.25) is 9.69 Å². The van der Waals surface area contributed by atoms with Crippen molar-refractivity contribution in [3.63, 3.8) is 0 Å². The van der Waals surface area contributed by atoms with Crippen LogP contribution < -0.4 is 5.32 Å². The van der Waals surface area contributed by atoms with E-state index in [-0.39, 0.29) is 12.0 Å². The molecule has 2 aromatic rings. The number of rotatable bonds is 5. The highest BCUT2D eigenvalue weighted by Crippen LogP contribution is 2.34. The second-order valence-electron chi connectivity index (χ2n) is 8.47. The molecule has 1 aromatic heterocycles. The molecule has 2 amide bonds. The van der Waals surface area contributed by atoms with Crippen LogP contribution in [-0.2, 0) is 22.6 Å². The summed E-state index contributed by atoms with van der Waals surface area (Å²) in [5.41, 5.74) is 5.40. The third kappa shape index (κ3) is 4.22. The van der Waals surface area contributed by atoms with Gasteiger partial charge in [-0.25, -0.2) is 4.79 Å². The number of carbonyl (C=O) groups is 2. The maximum atomic E-state index is 12.6. The molecule has 8 heteroatoms. The first-order chi connectivity index (χ1) is 15.0. The quantitative estimate of drug-likeness (QED) is 0.724. The number of anilines is 1. The highest BCUT2D eigenvalue weighted by Gasteiger charge is 2.26. The number of hydrogen-bond acceptors (Lipinski definition) is 5. The summed E-state index contributed by atoms with van der Waals surface area (Å²) in [6, 6.07) is 7.94. The minimum atomic E-state index is -0.287. The Kier molecular flexibility index (Phi) is 5.25. The van der Waals surface area contributed by atoms with E-state index < -0.39 is 0 Å². The smallest absolute Gasteiger partial charge is 0.410 e. The van der Waals surface area contributed by atoms with Gasteiger partial charge in [-0.2, -0.15) is 0 Å². The predicted octanol–water partition coefficient (Wildman–Crippen LogP) is 2.21. The van der Waals surface area contributed by atoms with Crippen molar-refractivity contribution in [1.29, 1.82) is 0 Å². The number of carbonyl (C=O) groups excluding carboxylic acids is 2. The van der Waals surface area contributed by atoms with Gasteiger partial charge in [-0.1, -0.05) is 6.07 Å². The van der Waals surface area contributed by atoms with Crippen molar-refractivity contribution in [3.8, 4) is 0 Å². The number of nitrogens with one attached hydrogen (secondary N) is 2. The lowest BCUT2D eigenvalue weighted by Crippen LogP contribution is -2.43. The number of ether oxygens (including phenoxy) is 1. The van der Waals surface area contributed by atoms with Crippen molar-refractivity contribution in [2.45, 2.75) is 13.1 Å². The summed E-state index contributed by atoms with van der Waals surface area (Å²) in [6.07, 6.45) is 3.64. The Morgan fingerprint density at radius 2 is 1.87 bits per heavy atom. The Labute approximate surface area is 181 Å². The zero-order valence-corrected chi connectivity index (χ0v) is 17.7. The molecule has 0 spiro atoms. The summed E-state index contributed by atoms with van der Waals surface area (Å²) in [7, 11) is 2.16. The minimum absolute atomic E-state index is 0.108. The van der Waals surface area contributed by atoms with E-state index >= 15 is 0 Å². The number of fused-ring (bicyclic) bond motifs is 1. The van der Waals surface area contributed by atoms with Gasteiger partial charge in [0.15, 0.2) is 0 Å². The number of likely N-dealkylation sites (N-methyl/N-ethyl adjacent to an activating group) is 1. The number of aromatic nitrogens is 1. The molecule has 5 rings (SSSR count). The van der Waals surface area contributed by atoms with Gasteiger partial charge in [0.25, 0.3) is 5.91 Å². The highest BCUT2D eigenvalue weighted by molar-refractivity contribution is 6.34. The standard InChI is InChI=1S/C23H27N5O3/c1-26-4-6-27(7-5-26)14-17-10-18(24-13-17)12-20-19-11-16(2-3-21(19)25-22(20)29)15-28-8-9-31-23(28)30/h2-3,10-13,24H,4-9,14-15H2,1H3,(H,25,29). The molecule has 1 aromatic carbocycles. The number of benzene rings is 1. The molecule has 162 valence electrons. The van der Waals surface area contributed by atoms with Gasteiger partial charge in [-0.15, -0.1) is 0 Å². The Balaban J connectivity index is 1.33. The van der Waals surface area contributed by atoms with E-state index in [1.165, 1.54) is 5.56 Å². The van der Waals surface area contributed by atoms with Crippen LogP contribution in [0.5, 0.6) is 0 Å². The molecule has 31 heavy (non-hydrogen) atoms. The van der Waals surface area contributed by atoms with Gasteiger partial charge < -0.3 is 24.8 Å². The molecule has 0 aliphatic carbocycles. The van der Waals surface area contributed by atoms with Crippen molar-refractivity contribution >= 4 is 29.3 Å². The van der Waals surface area contributed by atoms with Crippen LogP contribution in [0.25, 0.3) is 11.6 Å². The van der Waals surface area contributed by atoms with E-state index in [4.69, 9.17) is 4.74 Å². The molecular weight excluding hydrogens is 394 g/mol. The van der Waals surface area contributed by atoms with Gasteiger partial charge in [0.2, 0.25) is 0 Å². The fourth-order valence-corrected chi connectivity index (χ4v) is 4.32. The molecule has 3 aliphatic rings. The van der Waals surface area contributed by atoms with Gasteiger partial charge in [0, 0.05) is 62.4 Å². The summed E-state index contributed by atoms with van der Waals surface area (Å²) < 4.78 is 5.01. The Bertz CT molecular complexity index is 1040. The van der Waals surface area contributed by atoms with Gasteiger partial charge >= 0.3 is 6.09 Å². The Hall–Kier alpha value is -3.10.